The maximum atomic E-state index is 11.4. The van der Waals surface area contributed by atoms with E-state index in [1.165, 1.54) is 6.08 Å². The van der Waals surface area contributed by atoms with E-state index in [9.17, 15) is 4.79 Å². The van der Waals surface area contributed by atoms with E-state index in [-0.39, 0.29) is 5.97 Å². The minimum absolute atomic E-state index is 0.376. The molecule has 0 unspecified atom stereocenters. The fourth-order valence-electron chi connectivity index (χ4n) is 1.22. The maximum absolute atomic E-state index is 11.4. The van der Waals surface area contributed by atoms with Crippen LogP contribution in [-0.2, 0) is 4.79 Å². The lowest BCUT2D eigenvalue weighted by molar-refractivity contribution is -0.128. The second-order valence-corrected chi connectivity index (χ2v) is 3.70. The van der Waals surface area contributed by atoms with Gasteiger partial charge in [0.15, 0.2) is 0 Å². The number of anilines is 1. The van der Waals surface area contributed by atoms with Crippen molar-refractivity contribution in [3.05, 3.63) is 48.6 Å². The summed E-state index contributed by atoms with van der Waals surface area (Å²) in [7, 11) is 3.87. The lowest BCUT2D eigenvalue weighted by atomic mass is 10.3. The molecule has 3 heteroatoms. The molecule has 3 nitrogen and oxygen atoms in total. The van der Waals surface area contributed by atoms with Crippen LogP contribution in [0.15, 0.2) is 48.6 Å². The summed E-state index contributed by atoms with van der Waals surface area (Å²) in [5.74, 6) is 0.172. The minimum Gasteiger partial charge on any atom is -0.423 e. The van der Waals surface area contributed by atoms with Crippen molar-refractivity contribution >= 4 is 11.7 Å². The zero-order valence-electron chi connectivity index (χ0n) is 10.4. The Labute approximate surface area is 102 Å². The topological polar surface area (TPSA) is 29.5 Å². The molecule has 0 aliphatic heterocycles. The molecular weight excluding hydrogens is 214 g/mol. The Kier molecular flexibility index (Phi) is 5.01. The van der Waals surface area contributed by atoms with Crippen molar-refractivity contribution in [1.29, 1.82) is 0 Å². The van der Waals surface area contributed by atoms with Crippen LogP contribution in [0.5, 0.6) is 5.75 Å². The van der Waals surface area contributed by atoms with Crippen molar-refractivity contribution in [2.45, 2.75) is 6.92 Å². The Morgan fingerprint density at radius 3 is 2.71 bits per heavy atom. The number of hydrogen-bond donors (Lipinski definition) is 0. The fourth-order valence-corrected chi connectivity index (χ4v) is 1.22. The van der Waals surface area contributed by atoms with E-state index in [1.807, 2.05) is 50.2 Å². The summed E-state index contributed by atoms with van der Waals surface area (Å²) >= 11 is 0. The van der Waals surface area contributed by atoms with Crippen molar-refractivity contribution in [1.82, 2.24) is 0 Å². The molecule has 0 atom stereocenters. The summed E-state index contributed by atoms with van der Waals surface area (Å²) in [6.07, 6.45) is 6.66. The largest absolute Gasteiger partial charge is 0.423 e. The second kappa shape index (κ2) is 6.53. The fraction of sp³-hybridized carbons (Fsp3) is 0.214. The second-order valence-electron chi connectivity index (χ2n) is 3.70. The van der Waals surface area contributed by atoms with Gasteiger partial charge in [-0.3, -0.25) is 0 Å². The predicted octanol–water partition coefficient (Wildman–Crippen LogP) is 2.79. The van der Waals surface area contributed by atoms with E-state index < -0.39 is 0 Å². The number of ether oxygens (including phenoxy) is 1. The highest BCUT2D eigenvalue weighted by Crippen LogP contribution is 2.19. The molecule has 17 heavy (non-hydrogen) atoms. The summed E-state index contributed by atoms with van der Waals surface area (Å²) in [6.45, 7) is 1.89. The molecule has 0 bridgehead atoms. The first kappa shape index (κ1) is 13.0. The maximum Gasteiger partial charge on any atom is 0.336 e. The number of allylic oxidation sites excluding steroid dienone is 3. The van der Waals surface area contributed by atoms with Gasteiger partial charge >= 0.3 is 5.97 Å². The smallest absolute Gasteiger partial charge is 0.336 e. The van der Waals surface area contributed by atoms with Gasteiger partial charge in [0.25, 0.3) is 0 Å². The van der Waals surface area contributed by atoms with Crippen molar-refractivity contribution in [2.24, 2.45) is 0 Å². The van der Waals surface area contributed by atoms with Crippen LogP contribution in [0, 0.1) is 0 Å². The van der Waals surface area contributed by atoms with E-state index >= 15 is 0 Å². The summed E-state index contributed by atoms with van der Waals surface area (Å²) in [6, 6.07) is 7.39. The quantitative estimate of drug-likeness (QED) is 0.345. The van der Waals surface area contributed by atoms with Gasteiger partial charge in [0.05, 0.1) is 0 Å². The Morgan fingerprint density at radius 1 is 1.29 bits per heavy atom. The standard InChI is InChI=1S/C14H17NO2/c1-4-5-6-10-14(16)17-13-9-7-8-12(11-13)15(2)3/h4-11H,1-3H3/b5-4+,10-6+. The summed E-state index contributed by atoms with van der Waals surface area (Å²) in [4.78, 5) is 13.4. The van der Waals surface area contributed by atoms with Gasteiger partial charge in [-0.05, 0) is 19.1 Å². The molecule has 90 valence electrons. The first-order valence-electron chi connectivity index (χ1n) is 5.42. The van der Waals surface area contributed by atoms with Crippen molar-refractivity contribution in [3.8, 4) is 5.75 Å². The van der Waals surface area contributed by atoms with Crippen molar-refractivity contribution in [2.75, 3.05) is 19.0 Å². The van der Waals surface area contributed by atoms with E-state index in [0.717, 1.165) is 5.69 Å². The molecule has 0 radical (unpaired) electrons. The van der Waals surface area contributed by atoms with Crippen LogP contribution in [0.1, 0.15) is 6.92 Å². The van der Waals surface area contributed by atoms with Crippen LogP contribution >= 0.6 is 0 Å². The molecule has 0 amide bonds. The van der Waals surface area contributed by atoms with Crippen LogP contribution in [0.3, 0.4) is 0 Å². The molecular formula is C14H17NO2. The lowest BCUT2D eigenvalue weighted by Crippen LogP contribution is -2.09. The first-order chi connectivity index (χ1) is 8.13. The molecule has 0 aliphatic rings. The third kappa shape index (κ3) is 4.55. The van der Waals surface area contributed by atoms with Crippen molar-refractivity contribution < 1.29 is 9.53 Å². The van der Waals surface area contributed by atoms with E-state index in [0.29, 0.717) is 5.75 Å². The van der Waals surface area contributed by atoms with E-state index in [4.69, 9.17) is 4.74 Å². The van der Waals surface area contributed by atoms with Gasteiger partial charge in [-0.15, -0.1) is 0 Å². The monoisotopic (exact) mass is 231 g/mol. The summed E-state index contributed by atoms with van der Waals surface area (Å²) in [5, 5.41) is 0. The molecule has 1 aromatic carbocycles. The number of carbonyl (C=O) groups excluding carboxylic acids is 1. The molecule has 0 saturated carbocycles. The highest BCUT2D eigenvalue weighted by atomic mass is 16.5. The average Bonchev–Trinajstić information content (AvgIpc) is 2.29. The molecule has 0 heterocycles. The number of benzene rings is 1. The Hall–Kier alpha value is -2.03. The average molecular weight is 231 g/mol. The number of hydrogen-bond acceptors (Lipinski definition) is 3. The molecule has 1 rings (SSSR count). The minimum atomic E-state index is -0.376. The zero-order valence-corrected chi connectivity index (χ0v) is 10.4. The van der Waals surface area contributed by atoms with Crippen molar-refractivity contribution in [3.63, 3.8) is 0 Å². The van der Waals surface area contributed by atoms with Gasteiger partial charge < -0.3 is 9.64 Å². The zero-order chi connectivity index (χ0) is 12.7. The molecule has 0 aliphatic carbocycles. The summed E-state index contributed by atoms with van der Waals surface area (Å²) in [5.41, 5.74) is 0.993. The van der Waals surface area contributed by atoms with Gasteiger partial charge in [0.2, 0.25) is 0 Å². The Morgan fingerprint density at radius 2 is 2.06 bits per heavy atom. The third-order valence-electron chi connectivity index (χ3n) is 2.09. The Balaban J connectivity index is 2.68. The van der Waals surface area contributed by atoms with Crippen LogP contribution in [0.4, 0.5) is 5.69 Å². The van der Waals surface area contributed by atoms with Gasteiger partial charge in [-0.25, -0.2) is 4.79 Å². The van der Waals surface area contributed by atoms with Gasteiger partial charge in [-0.1, -0.05) is 24.3 Å². The van der Waals surface area contributed by atoms with E-state index in [1.54, 1.807) is 18.2 Å². The molecule has 0 saturated heterocycles. The third-order valence-corrected chi connectivity index (χ3v) is 2.09. The van der Waals surface area contributed by atoms with Gasteiger partial charge in [-0.2, -0.15) is 0 Å². The van der Waals surface area contributed by atoms with E-state index in [2.05, 4.69) is 0 Å². The summed E-state index contributed by atoms with van der Waals surface area (Å²) < 4.78 is 5.17. The highest BCUT2D eigenvalue weighted by molar-refractivity contribution is 5.84. The molecule has 0 aromatic heterocycles. The SMILES string of the molecule is C/C=C/C=C/C(=O)Oc1cccc(N(C)C)c1. The Bertz CT molecular complexity index is 434. The van der Waals surface area contributed by atoms with Crippen LogP contribution in [-0.4, -0.2) is 20.1 Å². The van der Waals surface area contributed by atoms with Crippen LogP contribution in [0.2, 0.25) is 0 Å². The molecule has 0 fully saturated rings. The molecule has 0 spiro atoms. The molecule has 1 aromatic rings. The number of rotatable bonds is 4. The van der Waals surface area contributed by atoms with Gasteiger partial charge in [0, 0.05) is 31.9 Å². The van der Waals surface area contributed by atoms with Gasteiger partial charge in [0.1, 0.15) is 5.75 Å². The number of esters is 1. The highest BCUT2D eigenvalue weighted by Gasteiger charge is 2.02. The number of carbonyl (C=O) groups is 1. The lowest BCUT2D eigenvalue weighted by Gasteiger charge is -2.12. The normalized spacial score (nSPS) is 11.0. The first-order valence-corrected chi connectivity index (χ1v) is 5.42. The van der Waals surface area contributed by atoms with Crippen LogP contribution in [0.25, 0.3) is 0 Å². The number of nitrogens with zero attached hydrogens (tertiary/aromatic N) is 1. The van der Waals surface area contributed by atoms with Crippen LogP contribution < -0.4 is 9.64 Å². The molecule has 0 N–H and O–H groups in total. The predicted molar refractivity (Wildman–Crippen MR) is 70.4 cm³/mol.